The molecule has 0 aliphatic rings. The Bertz CT molecular complexity index is 668. The third-order valence-electron chi connectivity index (χ3n) is 2.82. The molecule has 0 radical (unpaired) electrons. The van der Waals surface area contributed by atoms with Crippen molar-refractivity contribution in [3.05, 3.63) is 65.6 Å². The number of hydrogen-bond donors (Lipinski definition) is 0. The molecule has 2 aromatic heterocycles. The van der Waals surface area contributed by atoms with Crippen LogP contribution in [0.4, 0.5) is 0 Å². The SMILES string of the molecule is Cc1cnn(-c2cccc(Cl)c2)c1-n1cccc1. The summed E-state index contributed by atoms with van der Waals surface area (Å²) in [5, 5.41) is 5.13. The van der Waals surface area contributed by atoms with Crippen LogP contribution in [-0.2, 0) is 0 Å². The Morgan fingerprint density at radius 2 is 1.89 bits per heavy atom. The minimum absolute atomic E-state index is 0.708. The molecule has 0 fully saturated rings. The molecule has 0 saturated carbocycles. The van der Waals surface area contributed by atoms with Crippen molar-refractivity contribution in [3.8, 4) is 11.5 Å². The summed E-state index contributed by atoms with van der Waals surface area (Å²) in [5.41, 5.74) is 2.07. The molecule has 0 bridgehead atoms. The Kier molecular flexibility index (Phi) is 2.68. The summed E-state index contributed by atoms with van der Waals surface area (Å²) >= 11 is 6.03. The minimum atomic E-state index is 0.708. The minimum Gasteiger partial charge on any atom is -0.308 e. The third kappa shape index (κ3) is 1.83. The quantitative estimate of drug-likeness (QED) is 0.687. The zero-order valence-electron chi connectivity index (χ0n) is 9.92. The third-order valence-corrected chi connectivity index (χ3v) is 3.06. The molecule has 3 aromatic rings. The van der Waals surface area contributed by atoms with E-state index in [-0.39, 0.29) is 0 Å². The fourth-order valence-corrected chi connectivity index (χ4v) is 2.19. The second-order valence-electron chi connectivity index (χ2n) is 4.13. The maximum absolute atomic E-state index is 6.03. The Morgan fingerprint density at radius 3 is 2.61 bits per heavy atom. The van der Waals surface area contributed by atoms with Crippen molar-refractivity contribution in [2.75, 3.05) is 0 Å². The maximum Gasteiger partial charge on any atom is 0.143 e. The molecule has 0 atom stereocenters. The number of hydrogen-bond acceptors (Lipinski definition) is 1. The summed E-state index contributed by atoms with van der Waals surface area (Å²) in [5.74, 6) is 1.03. The van der Waals surface area contributed by atoms with Crippen LogP contribution in [0.3, 0.4) is 0 Å². The molecular formula is C14H12ClN3. The molecule has 4 heteroatoms. The number of aryl methyl sites for hydroxylation is 1. The van der Waals surface area contributed by atoms with Gasteiger partial charge in [-0.2, -0.15) is 5.10 Å². The summed E-state index contributed by atoms with van der Waals surface area (Å²) in [6, 6.07) is 11.7. The molecule has 0 amide bonds. The van der Waals surface area contributed by atoms with E-state index in [0.29, 0.717) is 5.02 Å². The van der Waals surface area contributed by atoms with Crippen molar-refractivity contribution >= 4 is 11.6 Å². The van der Waals surface area contributed by atoms with Gasteiger partial charge in [0.2, 0.25) is 0 Å². The van der Waals surface area contributed by atoms with Crippen molar-refractivity contribution in [2.24, 2.45) is 0 Å². The lowest BCUT2D eigenvalue weighted by Gasteiger charge is -2.09. The monoisotopic (exact) mass is 257 g/mol. The molecule has 2 heterocycles. The van der Waals surface area contributed by atoms with Crippen molar-refractivity contribution in [1.82, 2.24) is 14.3 Å². The summed E-state index contributed by atoms with van der Waals surface area (Å²) in [6.45, 7) is 2.05. The molecular weight excluding hydrogens is 246 g/mol. The van der Waals surface area contributed by atoms with Crippen molar-refractivity contribution in [2.45, 2.75) is 6.92 Å². The van der Waals surface area contributed by atoms with Gasteiger partial charge in [-0.25, -0.2) is 4.68 Å². The van der Waals surface area contributed by atoms with E-state index >= 15 is 0 Å². The van der Waals surface area contributed by atoms with Crippen LogP contribution >= 0.6 is 11.6 Å². The lowest BCUT2D eigenvalue weighted by Crippen LogP contribution is -2.04. The average Bonchev–Trinajstić information content (AvgIpc) is 2.97. The van der Waals surface area contributed by atoms with Crippen LogP contribution < -0.4 is 0 Å². The second-order valence-corrected chi connectivity index (χ2v) is 4.57. The molecule has 0 aliphatic carbocycles. The largest absolute Gasteiger partial charge is 0.308 e. The average molecular weight is 258 g/mol. The van der Waals surface area contributed by atoms with Gasteiger partial charge in [0.05, 0.1) is 11.9 Å². The first-order valence-electron chi connectivity index (χ1n) is 5.69. The first-order chi connectivity index (χ1) is 8.75. The predicted octanol–water partition coefficient (Wildman–Crippen LogP) is 3.62. The van der Waals surface area contributed by atoms with Gasteiger partial charge >= 0.3 is 0 Å². The van der Waals surface area contributed by atoms with E-state index < -0.39 is 0 Å². The molecule has 0 spiro atoms. The van der Waals surface area contributed by atoms with E-state index in [1.54, 1.807) is 0 Å². The normalized spacial score (nSPS) is 10.8. The van der Waals surface area contributed by atoms with Gasteiger partial charge < -0.3 is 4.57 Å². The summed E-state index contributed by atoms with van der Waals surface area (Å²) in [7, 11) is 0. The van der Waals surface area contributed by atoms with Crippen LogP contribution in [0.2, 0.25) is 5.02 Å². The number of nitrogens with zero attached hydrogens (tertiary/aromatic N) is 3. The van der Waals surface area contributed by atoms with Gasteiger partial charge in [-0.3, -0.25) is 0 Å². The van der Waals surface area contributed by atoms with E-state index in [9.17, 15) is 0 Å². The van der Waals surface area contributed by atoms with Gasteiger partial charge in [-0.1, -0.05) is 17.7 Å². The molecule has 0 N–H and O–H groups in total. The fourth-order valence-electron chi connectivity index (χ4n) is 2.01. The van der Waals surface area contributed by atoms with Crippen LogP contribution in [0.25, 0.3) is 11.5 Å². The van der Waals surface area contributed by atoms with E-state index in [2.05, 4.69) is 5.10 Å². The summed E-state index contributed by atoms with van der Waals surface area (Å²) < 4.78 is 3.93. The molecule has 3 rings (SSSR count). The standard InChI is InChI=1S/C14H12ClN3/c1-11-10-16-18(13-6-4-5-12(15)9-13)14(11)17-7-2-3-8-17/h2-10H,1H3. The van der Waals surface area contributed by atoms with E-state index in [4.69, 9.17) is 11.6 Å². The highest BCUT2D eigenvalue weighted by Crippen LogP contribution is 2.20. The molecule has 0 unspecified atom stereocenters. The number of halogens is 1. The van der Waals surface area contributed by atoms with E-state index in [1.807, 2.05) is 71.2 Å². The maximum atomic E-state index is 6.03. The number of benzene rings is 1. The predicted molar refractivity (Wildman–Crippen MR) is 72.6 cm³/mol. The highest BCUT2D eigenvalue weighted by Gasteiger charge is 2.10. The zero-order chi connectivity index (χ0) is 12.5. The van der Waals surface area contributed by atoms with E-state index in [0.717, 1.165) is 17.1 Å². The first-order valence-corrected chi connectivity index (χ1v) is 6.07. The first kappa shape index (κ1) is 11.1. The lowest BCUT2D eigenvalue weighted by atomic mass is 10.3. The van der Waals surface area contributed by atoms with E-state index in [1.165, 1.54) is 0 Å². The lowest BCUT2D eigenvalue weighted by molar-refractivity contribution is 0.822. The Labute approximate surface area is 110 Å². The molecule has 0 aliphatic heterocycles. The molecule has 90 valence electrons. The van der Waals surface area contributed by atoms with Crippen molar-refractivity contribution < 1.29 is 0 Å². The van der Waals surface area contributed by atoms with Crippen LogP contribution in [0, 0.1) is 6.92 Å². The van der Waals surface area contributed by atoms with Gasteiger partial charge in [0.25, 0.3) is 0 Å². The second kappa shape index (κ2) is 4.35. The zero-order valence-corrected chi connectivity index (χ0v) is 10.7. The molecule has 18 heavy (non-hydrogen) atoms. The van der Waals surface area contributed by atoms with Crippen LogP contribution in [0.15, 0.2) is 55.0 Å². The Balaban J connectivity index is 2.20. The number of rotatable bonds is 2. The molecule has 0 saturated heterocycles. The highest BCUT2D eigenvalue weighted by molar-refractivity contribution is 6.30. The summed E-state index contributed by atoms with van der Waals surface area (Å²) in [6.07, 6.45) is 5.87. The Hall–Kier alpha value is -2.00. The van der Waals surface area contributed by atoms with Crippen molar-refractivity contribution in [1.29, 1.82) is 0 Å². The van der Waals surface area contributed by atoms with Gasteiger partial charge in [-0.15, -0.1) is 0 Å². The van der Waals surface area contributed by atoms with Crippen LogP contribution in [-0.4, -0.2) is 14.3 Å². The Morgan fingerprint density at radius 1 is 1.11 bits per heavy atom. The van der Waals surface area contributed by atoms with Gasteiger partial charge in [0.1, 0.15) is 5.82 Å². The van der Waals surface area contributed by atoms with Crippen molar-refractivity contribution in [3.63, 3.8) is 0 Å². The summed E-state index contributed by atoms with van der Waals surface area (Å²) in [4.78, 5) is 0. The molecule has 1 aromatic carbocycles. The van der Waals surface area contributed by atoms with Gasteiger partial charge in [0, 0.05) is 23.0 Å². The van der Waals surface area contributed by atoms with Crippen LogP contribution in [0.5, 0.6) is 0 Å². The fraction of sp³-hybridized carbons (Fsp3) is 0.0714. The highest BCUT2D eigenvalue weighted by atomic mass is 35.5. The topological polar surface area (TPSA) is 22.8 Å². The van der Waals surface area contributed by atoms with Gasteiger partial charge in [0.15, 0.2) is 0 Å². The molecule has 3 nitrogen and oxygen atoms in total. The van der Waals surface area contributed by atoms with Crippen LogP contribution in [0.1, 0.15) is 5.56 Å². The van der Waals surface area contributed by atoms with Gasteiger partial charge in [-0.05, 0) is 37.3 Å². The number of aromatic nitrogens is 3. The smallest absolute Gasteiger partial charge is 0.143 e.